The molecule has 218 valence electrons. The van der Waals surface area contributed by atoms with Gasteiger partial charge in [0.1, 0.15) is 0 Å². The molecule has 15 heteroatoms. The first kappa shape index (κ1) is 34.9. The Hall–Kier alpha value is -4.08. The number of aliphatic hydroxyl groups excluding tert-OH is 3. The quantitative estimate of drug-likeness (QED) is 0.0596. The van der Waals surface area contributed by atoms with Crippen LogP contribution >= 0.6 is 0 Å². The summed E-state index contributed by atoms with van der Waals surface area (Å²) in [5.74, 6) is -9.19. The average Bonchev–Trinajstić information content (AvgIpc) is 2.89. The van der Waals surface area contributed by atoms with E-state index in [9.17, 15) is 59.4 Å². The molecule has 0 saturated heterocycles. The molecule has 0 rings (SSSR count). The number of aliphatic hydroxyl groups is 3. The van der Waals surface area contributed by atoms with Crippen LogP contribution in [0.2, 0.25) is 0 Å². The highest BCUT2D eigenvalue weighted by Crippen LogP contribution is 2.53. The van der Waals surface area contributed by atoms with Crippen LogP contribution in [0.5, 0.6) is 0 Å². The molecule has 0 heterocycles. The molecule has 0 bridgehead atoms. The number of esters is 3. The lowest BCUT2D eigenvalue weighted by molar-refractivity contribution is -0.186. The normalized spacial score (nSPS) is 14.8. The molecule has 15 nitrogen and oxygen atoms in total. The number of ether oxygens (including phenoxy) is 3. The number of carboxylic acid groups (broad SMARTS) is 3. The molecular weight excluding hydrogens is 528 g/mol. The van der Waals surface area contributed by atoms with Gasteiger partial charge >= 0.3 is 35.8 Å². The Bertz CT molecular complexity index is 847. The molecule has 3 unspecified atom stereocenters. The number of hydrogen-bond acceptors (Lipinski definition) is 12. The lowest BCUT2D eigenvalue weighted by Crippen LogP contribution is -2.55. The number of carboxylic acids is 3. The van der Waals surface area contributed by atoms with Gasteiger partial charge in [-0.1, -0.05) is 19.7 Å². The molecule has 0 amide bonds. The van der Waals surface area contributed by atoms with Gasteiger partial charge in [-0.15, -0.1) is 0 Å². The average molecular weight is 561 g/mol. The molecular formula is C24H32O15. The van der Waals surface area contributed by atoms with Crippen molar-refractivity contribution < 1.29 is 73.6 Å². The predicted octanol–water partition coefficient (Wildman–Crippen LogP) is -0.956. The van der Waals surface area contributed by atoms with Gasteiger partial charge in [-0.05, 0) is 11.8 Å². The lowest BCUT2D eigenvalue weighted by Gasteiger charge is -2.51. The van der Waals surface area contributed by atoms with Crippen LogP contribution in [-0.2, 0) is 43.0 Å². The van der Waals surface area contributed by atoms with Crippen LogP contribution in [0.3, 0.4) is 0 Å². The van der Waals surface area contributed by atoms with E-state index >= 15 is 0 Å². The summed E-state index contributed by atoms with van der Waals surface area (Å²) in [7, 11) is 0. The zero-order chi connectivity index (χ0) is 30.4. The zero-order valence-electron chi connectivity index (χ0n) is 20.9. The molecule has 0 spiro atoms. The van der Waals surface area contributed by atoms with Crippen molar-refractivity contribution in [3.05, 3.63) is 38.0 Å². The van der Waals surface area contributed by atoms with E-state index in [2.05, 4.69) is 19.7 Å². The second-order valence-corrected chi connectivity index (χ2v) is 8.37. The third kappa shape index (κ3) is 9.63. The summed E-state index contributed by atoms with van der Waals surface area (Å²) in [5, 5.41) is 59.8. The van der Waals surface area contributed by atoms with E-state index in [0.29, 0.717) is 18.2 Å². The molecule has 3 atom stereocenters. The van der Waals surface area contributed by atoms with Crippen LogP contribution < -0.4 is 0 Å². The van der Waals surface area contributed by atoms with E-state index in [-0.39, 0.29) is 0 Å². The topological polar surface area (TPSA) is 251 Å². The van der Waals surface area contributed by atoms with Crippen molar-refractivity contribution >= 4 is 35.8 Å². The van der Waals surface area contributed by atoms with Gasteiger partial charge in [-0.3, -0.25) is 0 Å². The maximum atomic E-state index is 12.1. The summed E-state index contributed by atoms with van der Waals surface area (Å²) in [4.78, 5) is 71.8. The smallest absolute Gasteiger partial charge is 0.345 e. The lowest BCUT2D eigenvalue weighted by atomic mass is 9.55. The summed E-state index contributed by atoms with van der Waals surface area (Å²) < 4.78 is 14.5. The molecule has 39 heavy (non-hydrogen) atoms. The Morgan fingerprint density at radius 3 is 1.05 bits per heavy atom. The van der Waals surface area contributed by atoms with Crippen molar-refractivity contribution in [2.45, 2.75) is 44.0 Å². The van der Waals surface area contributed by atoms with Gasteiger partial charge in [-0.25, -0.2) is 28.8 Å². The van der Waals surface area contributed by atoms with E-state index in [1.807, 2.05) is 0 Å². The fourth-order valence-corrected chi connectivity index (χ4v) is 4.09. The van der Waals surface area contributed by atoms with Crippen molar-refractivity contribution in [1.29, 1.82) is 0 Å². The monoisotopic (exact) mass is 560 g/mol. The van der Waals surface area contributed by atoms with E-state index < -0.39 is 110 Å². The molecule has 0 fully saturated rings. The largest absolute Gasteiger partial charge is 0.479 e. The Balaban J connectivity index is 7.51. The highest BCUT2D eigenvalue weighted by Gasteiger charge is 2.56. The standard InChI is InChI=1S/C24H32O15/c1-4-17(28)37-14(20(31)32)9-24(23(12-26,13-27)7-8-25,10-15(21(33)34)38-18(29)5-2)11-16(22(35)36)39-19(30)6-3/h4-6,14-16,25-27H,1-3,7-13H2,(H,31,32)(H,33,34)(H,35,36). The fraction of sp³-hybridized carbons (Fsp3) is 0.500. The van der Waals surface area contributed by atoms with Crippen LogP contribution in [0.15, 0.2) is 38.0 Å². The Morgan fingerprint density at radius 1 is 0.590 bits per heavy atom. The van der Waals surface area contributed by atoms with Crippen LogP contribution in [0.25, 0.3) is 0 Å². The number of carbonyl (C=O) groups is 6. The molecule has 6 N–H and O–H groups in total. The molecule has 0 aromatic carbocycles. The minimum absolute atomic E-state index is 0.592. The first-order valence-corrected chi connectivity index (χ1v) is 11.2. The molecule has 0 aliphatic carbocycles. The second-order valence-electron chi connectivity index (χ2n) is 8.37. The minimum Gasteiger partial charge on any atom is -0.479 e. The molecule has 0 aliphatic heterocycles. The van der Waals surface area contributed by atoms with E-state index in [1.54, 1.807) is 0 Å². The molecule has 0 aromatic rings. The molecule has 0 aliphatic rings. The van der Waals surface area contributed by atoms with Gasteiger partial charge in [0.15, 0.2) is 18.3 Å². The van der Waals surface area contributed by atoms with Crippen molar-refractivity contribution in [1.82, 2.24) is 0 Å². The molecule has 0 radical (unpaired) electrons. The van der Waals surface area contributed by atoms with Crippen LogP contribution in [-0.4, -0.2) is 105 Å². The SMILES string of the molecule is C=CC(=O)OC(CC(CC(OC(=O)C=C)C(=O)O)(CC(OC(=O)C=C)C(=O)O)C(CO)(CO)CCO)C(=O)O. The summed E-state index contributed by atoms with van der Waals surface area (Å²) in [6, 6.07) is 0. The van der Waals surface area contributed by atoms with Gasteiger partial charge in [0.2, 0.25) is 0 Å². The Morgan fingerprint density at radius 2 is 0.872 bits per heavy atom. The predicted molar refractivity (Wildman–Crippen MR) is 128 cm³/mol. The number of carbonyl (C=O) groups excluding carboxylic acids is 3. The number of rotatable bonds is 20. The first-order chi connectivity index (χ1) is 18.2. The van der Waals surface area contributed by atoms with Crippen LogP contribution in [0.1, 0.15) is 25.7 Å². The third-order valence-corrected chi connectivity index (χ3v) is 6.15. The van der Waals surface area contributed by atoms with E-state index in [4.69, 9.17) is 14.2 Å². The Kier molecular flexibility index (Phi) is 14.3. The van der Waals surface area contributed by atoms with Crippen LogP contribution in [0.4, 0.5) is 0 Å². The van der Waals surface area contributed by atoms with Crippen molar-refractivity contribution in [2.75, 3.05) is 19.8 Å². The molecule has 0 saturated carbocycles. The highest BCUT2D eigenvalue weighted by atomic mass is 16.6. The van der Waals surface area contributed by atoms with E-state index in [1.165, 1.54) is 0 Å². The highest BCUT2D eigenvalue weighted by molar-refractivity contribution is 5.86. The van der Waals surface area contributed by atoms with Gasteiger partial charge in [0.25, 0.3) is 0 Å². The van der Waals surface area contributed by atoms with Crippen molar-refractivity contribution in [3.63, 3.8) is 0 Å². The van der Waals surface area contributed by atoms with Crippen molar-refractivity contribution in [2.24, 2.45) is 10.8 Å². The summed E-state index contributed by atoms with van der Waals surface area (Å²) in [6.07, 6.45) is -8.37. The molecule has 0 aromatic heterocycles. The number of aliphatic carboxylic acids is 3. The summed E-state index contributed by atoms with van der Waals surface area (Å²) in [6.45, 7) is 6.38. The van der Waals surface area contributed by atoms with Gasteiger partial charge in [0, 0.05) is 49.5 Å². The maximum Gasteiger partial charge on any atom is 0.345 e. The fourth-order valence-electron chi connectivity index (χ4n) is 4.09. The zero-order valence-corrected chi connectivity index (χ0v) is 20.9. The van der Waals surface area contributed by atoms with E-state index in [0.717, 1.165) is 0 Å². The maximum absolute atomic E-state index is 12.1. The summed E-state index contributed by atoms with van der Waals surface area (Å²) in [5.41, 5.74) is -4.43. The summed E-state index contributed by atoms with van der Waals surface area (Å²) >= 11 is 0. The second kappa shape index (κ2) is 16.0. The third-order valence-electron chi connectivity index (χ3n) is 6.15. The van der Waals surface area contributed by atoms with Crippen LogP contribution in [0, 0.1) is 10.8 Å². The number of hydrogen-bond donors (Lipinski definition) is 6. The van der Waals surface area contributed by atoms with Gasteiger partial charge < -0.3 is 44.8 Å². The van der Waals surface area contributed by atoms with Gasteiger partial charge in [0.05, 0.1) is 13.2 Å². The van der Waals surface area contributed by atoms with Gasteiger partial charge in [-0.2, -0.15) is 0 Å². The first-order valence-electron chi connectivity index (χ1n) is 11.2. The van der Waals surface area contributed by atoms with Crippen molar-refractivity contribution in [3.8, 4) is 0 Å². The Labute approximate surface area is 222 Å². The minimum atomic E-state index is -2.31.